The van der Waals surface area contributed by atoms with E-state index in [1.165, 1.54) is 12.1 Å². The van der Waals surface area contributed by atoms with Crippen LogP contribution >= 0.6 is 0 Å². The molecule has 1 aromatic carbocycles. The highest BCUT2D eigenvalue weighted by Gasteiger charge is 2.07. The number of pyridine rings is 1. The number of benzene rings is 1. The largest absolute Gasteiger partial charge is 0.494 e. The molecule has 0 aliphatic rings. The van der Waals surface area contributed by atoms with Crippen molar-refractivity contribution in [2.45, 2.75) is 13.3 Å². The van der Waals surface area contributed by atoms with Crippen molar-refractivity contribution >= 4 is 17.4 Å². The van der Waals surface area contributed by atoms with Crippen LogP contribution in [0, 0.1) is 10.1 Å². The van der Waals surface area contributed by atoms with Crippen LogP contribution in [0.1, 0.15) is 12.5 Å². The number of carbonyl (C=O) groups excluding carboxylic acids is 1. The Balaban J connectivity index is 1.83. The first kappa shape index (κ1) is 16.2. The molecule has 8 heteroatoms. The molecule has 2 N–H and O–H groups in total. The van der Waals surface area contributed by atoms with Crippen molar-refractivity contribution in [3.05, 3.63) is 58.3 Å². The van der Waals surface area contributed by atoms with Gasteiger partial charge in [-0.25, -0.2) is 4.98 Å². The third-order valence-electron chi connectivity index (χ3n) is 2.89. The number of amides is 1. The summed E-state index contributed by atoms with van der Waals surface area (Å²) < 4.78 is 5.33. The summed E-state index contributed by atoms with van der Waals surface area (Å²) >= 11 is 0. The van der Waals surface area contributed by atoms with Crippen molar-refractivity contribution in [1.82, 2.24) is 10.4 Å². The lowest BCUT2D eigenvalue weighted by Gasteiger charge is -2.08. The fourth-order valence-electron chi connectivity index (χ4n) is 1.80. The standard InChI is InChI=1S/C15H16N4O4/c1-2-23-13-6-3-11(4-7-13)9-15(20)18-17-14-8-5-12(10-16-14)19(21)22/h3-8,10H,2,9H2,1H3,(H,16,17)(H,18,20). The van der Waals surface area contributed by atoms with Crippen LogP contribution in [-0.2, 0) is 11.2 Å². The van der Waals surface area contributed by atoms with E-state index < -0.39 is 4.92 Å². The van der Waals surface area contributed by atoms with Crippen LogP contribution in [0.4, 0.5) is 11.5 Å². The summed E-state index contributed by atoms with van der Waals surface area (Å²) in [6.07, 6.45) is 1.30. The number of nitro groups is 1. The van der Waals surface area contributed by atoms with Gasteiger partial charge in [0.15, 0.2) is 0 Å². The third-order valence-corrected chi connectivity index (χ3v) is 2.89. The van der Waals surface area contributed by atoms with Crippen LogP contribution in [0.15, 0.2) is 42.6 Å². The van der Waals surface area contributed by atoms with Gasteiger partial charge in [0, 0.05) is 6.07 Å². The highest BCUT2D eigenvalue weighted by atomic mass is 16.6. The molecule has 23 heavy (non-hydrogen) atoms. The minimum atomic E-state index is -0.540. The molecular formula is C15H16N4O4. The maximum absolute atomic E-state index is 11.8. The number of nitrogens with zero attached hydrogens (tertiary/aromatic N) is 2. The maximum atomic E-state index is 11.8. The molecule has 0 unspecified atom stereocenters. The van der Waals surface area contributed by atoms with Crippen molar-refractivity contribution < 1.29 is 14.5 Å². The van der Waals surface area contributed by atoms with Gasteiger partial charge in [0.2, 0.25) is 5.91 Å². The summed E-state index contributed by atoms with van der Waals surface area (Å²) in [5, 5.41) is 10.5. The summed E-state index contributed by atoms with van der Waals surface area (Å²) in [4.78, 5) is 25.6. The quantitative estimate of drug-likeness (QED) is 0.598. The maximum Gasteiger partial charge on any atom is 0.287 e. The molecule has 0 bridgehead atoms. The molecule has 0 fully saturated rings. The number of aromatic nitrogens is 1. The normalized spacial score (nSPS) is 9.96. The Labute approximate surface area is 132 Å². The molecule has 0 saturated heterocycles. The van der Waals surface area contributed by atoms with E-state index in [9.17, 15) is 14.9 Å². The molecular weight excluding hydrogens is 300 g/mol. The van der Waals surface area contributed by atoms with Gasteiger partial charge in [-0.05, 0) is 30.7 Å². The Morgan fingerprint density at radius 3 is 2.57 bits per heavy atom. The second-order valence-corrected chi connectivity index (χ2v) is 4.59. The Kier molecular flexibility index (Phi) is 5.45. The minimum Gasteiger partial charge on any atom is -0.494 e. The van der Waals surface area contributed by atoms with Gasteiger partial charge in [-0.3, -0.25) is 25.8 Å². The lowest BCUT2D eigenvalue weighted by Crippen LogP contribution is -2.31. The first-order valence-electron chi connectivity index (χ1n) is 6.95. The molecule has 1 aromatic heterocycles. The topological polar surface area (TPSA) is 106 Å². The molecule has 0 aliphatic carbocycles. The molecule has 0 atom stereocenters. The summed E-state index contributed by atoms with van der Waals surface area (Å²) in [6, 6.07) is 9.95. The number of hydrazine groups is 1. The molecule has 2 rings (SSSR count). The van der Waals surface area contributed by atoms with Crippen molar-refractivity contribution in [3.8, 4) is 5.75 Å². The Bertz CT molecular complexity index is 671. The fourth-order valence-corrected chi connectivity index (χ4v) is 1.80. The molecule has 0 radical (unpaired) electrons. The second-order valence-electron chi connectivity index (χ2n) is 4.59. The first-order chi connectivity index (χ1) is 11.1. The lowest BCUT2D eigenvalue weighted by molar-refractivity contribution is -0.385. The molecule has 0 aliphatic heterocycles. The summed E-state index contributed by atoms with van der Waals surface area (Å²) in [5.74, 6) is 0.815. The number of hydrogen-bond acceptors (Lipinski definition) is 6. The number of carbonyl (C=O) groups is 1. The van der Waals surface area contributed by atoms with E-state index in [1.54, 1.807) is 12.1 Å². The van der Waals surface area contributed by atoms with Crippen molar-refractivity contribution in [1.29, 1.82) is 0 Å². The van der Waals surface area contributed by atoms with Crippen LogP contribution in [0.5, 0.6) is 5.75 Å². The zero-order valence-electron chi connectivity index (χ0n) is 12.5. The second kappa shape index (κ2) is 7.74. The molecule has 1 heterocycles. The number of anilines is 1. The number of hydrogen-bond donors (Lipinski definition) is 2. The van der Waals surface area contributed by atoms with E-state index in [2.05, 4.69) is 15.8 Å². The van der Waals surface area contributed by atoms with E-state index in [0.29, 0.717) is 12.4 Å². The van der Waals surface area contributed by atoms with Gasteiger partial charge in [0.1, 0.15) is 17.8 Å². The van der Waals surface area contributed by atoms with Gasteiger partial charge in [-0.1, -0.05) is 12.1 Å². The lowest BCUT2D eigenvalue weighted by atomic mass is 10.1. The highest BCUT2D eigenvalue weighted by Crippen LogP contribution is 2.13. The average molecular weight is 316 g/mol. The van der Waals surface area contributed by atoms with E-state index in [4.69, 9.17) is 4.74 Å². The predicted octanol–water partition coefficient (Wildman–Crippen LogP) is 2.07. The average Bonchev–Trinajstić information content (AvgIpc) is 2.55. The van der Waals surface area contributed by atoms with Crippen LogP contribution in [0.2, 0.25) is 0 Å². The van der Waals surface area contributed by atoms with E-state index in [-0.39, 0.29) is 18.0 Å². The Hall–Kier alpha value is -3.16. The summed E-state index contributed by atoms with van der Waals surface area (Å²) in [5.41, 5.74) is 5.81. The number of ether oxygens (including phenoxy) is 1. The van der Waals surface area contributed by atoms with Gasteiger partial charge in [0.25, 0.3) is 5.69 Å². The minimum absolute atomic E-state index is 0.115. The first-order valence-corrected chi connectivity index (χ1v) is 6.95. The molecule has 0 saturated carbocycles. The Morgan fingerprint density at radius 1 is 1.26 bits per heavy atom. The predicted molar refractivity (Wildman–Crippen MR) is 84.0 cm³/mol. The molecule has 120 valence electrons. The molecule has 2 aromatic rings. The Morgan fingerprint density at radius 2 is 2.00 bits per heavy atom. The van der Waals surface area contributed by atoms with Crippen LogP contribution in [0.25, 0.3) is 0 Å². The van der Waals surface area contributed by atoms with Crippen molar-refractivity contribution in [3.63, 3.8) is 0 Å². The summed E-state index contributed by atoms with van der Waals surface area (Å²) in [7, 11) is 0. The monoisotopic (exact) mass is 316 g/mol. The van der Waals surface area contributed by atoms with Crippen molar-refractivity contribution in [2.75, 3.05) is 12.0 Å². The van der Waals surface area contributed by atoms with Crippen LogP contribution in [0.3, 0.4) is 0 Å². The third kappa shape index (κ3) is 4.95. The molecule has 1 amide bonds. The van der Waals surface area contributed by atoms with E-state index in [0.717, 1.165) is 17.5 Å². The number of nitrogens with one attached hydrogen (secondary N) is 2. The zero-order valence-corrected chi connectivity index (χ0v) is 12.5. The molecule has 8 nitrogen and oxygen atoms in total. The van der Waals surface area contributed by atoms with Crippen LogP contribution < -0.4 is 15.6 Å². The van der Waals surface area contributed by atoms with Crippen LogP contribution in [-0.4, -0.2) is 22.4 Å². The number of rotatable bonds is 7. The van der Waals surface area contributed by atoms with Gasteiger partial charge in [-0.2, -0.15) is 0 Å². The van der Waals surface area contributed by atoms with Gasteiger partial charge in [-0.15, -0.1) is 0 Å². The van der Waals surface area contributed by atoms with E-state index in [1.807, 2.05) is 19.1 Å². The fraction of sp³-hybridized carbons (Fsp3) is 0.200. The van der Waals surface area contributed by atoms with Gasteiger partial charge >= 0.3 is 0 Å². The molecule has 0 spiro atoms. The van der Waals surface area contributed by atoms with Crippen molar-refractivity contribution in [2.24, 2.45) is 0 Å². The van der Waals surface area contributed by atoms with E-state index >= 15 is 0 Å². The SMILES string of the molecule is CCOc1ccc(CC(=O)NNc2ccc([N+](=O)[O-])cn2)cc1. The summed E-state index contributed by atoms with van der Waals surface area (Å²) in [6.45, 7) is 2.49. The van der Waals surface area contributed by atoms with Gasteiger partial charge < -0.3 is 4.74 Å². The van der Waals surface area contributed by atoms with Gasteiger partial charge in [0.05, 0.1) is 18.0 Å². The smallest absolute Gasteiger partial charge is 0.287 e. The zero-order chi connectivity index (χ0) is 16.7. The highest BCUT2D eigenvalue weighted by molar-refractivity contribution is 5.79.